The van der Waals surface area contributed by atoms with Crippen molar-refractivity contribution in [1.29, 1.82) is 5.26 Å². The molecule has 0 saturated carbocycles. The van der Waals surface area contributed by atoms with E-state index in [-0.39, 0.29) is 10.5 Å². The van der Waals surface area contributed by atoms with Crippen LogP contribution in [0.1, 0.15) is 11.1 Å². The van der Waals surface area contributed by atoms with Crippen LogP contribution in [0.4, 0.5) is 11.4 Å². The van der Waals surface area contributed by atoms with Gasteiger partial charge in [0, 0.05) is 14.1 Å². The molecule has 0 unspecified atom stereocenters. The second kappa shape index (κ2) is 9.44. The van der Waals surface area contributed by atoms with Gasteiger partial charge in [-0.05, 0) is 49.2 Å². The first-order valence-electron chi connectivity index (χ1n) is 10.0. The lowest BCUT2D eigenvalue weighted by Crippen LogP contribution is -2.32. The molecule has 2 aromatic carbocycles. The zero-order valence-corrected chi connectivity index (χ0v) is 19.6. The highest BCUT2D eigenvalue weighted by atomic mass is 32.2. The molecule has 172 valence electrons. The largest absolute Gasteiger partial charge is 0.456 e. The minimum Gasteiger partial charge on any atom is -0.456 e. The molecular weight excluding hydrogens is 444 g/mol. The lowest BCUT2D eigenvalue weighted by molar-refractivity contribution is -0.145. The van der Waals surface area contributed by atoms with E-state index in [4.69, 9.17) is 4.74 Å². The first-order valence-corrected chi connectivity index (χ1v) is 11.5. The van der Waals surface area contributed by atoms with E-state index in [0.717, 1.165) is 22.5 Å². The van der Waals surface area contributed by atoms with Gasteiger partial charge >= 0.3 is 5.97 Å². The summed E-state index contributed by atoms with van der Waals surface area (Å²) in [5.74, 6) is -1.26. The van der Waals surface area contributed by atoms with Crippen LogP contribution in [-0.2, 0) is 24.3 Å². The fraction of sp³-hybridized carbons (Fsp3) is 0.261. The summed E-state index contributed by atoms with van der Waals surface area (Å²) in [7, 11) is -0.459. The van der Waals surface area contributed by atoms with Crippen molar-refractivity contribution in [3.05, 3.63) is 65.0 Å². The van der Waals surface area contributed by atoms with Gasteiger partial charge in [-0.25, -0.2) is 8.42 Å². The van der Waals surface area contributed by atoms with Crippen LogP contribution in [0.3, 0.4) is 0 Å². The van der Waals surface area contributed by atoms with Crippen LogP contribution in [-0.4, -0.2) is 47.4 Å². The van der Waals surface area contributed by atoms with Gasteiger partial charge in [-0.15, -0.1) is 0 Å². The predicted molar refractivity (Wildman–Crippen MR) is 123 cm³/mol. The number of hydrogen-bond acceptors (Lipinski definition) is 8. The van der Waals surface area contributed by atoms with Crippen LogP contribution >= 0.6 is 0 Å². The Labute approximate surface area is 192 Å². The van der Waals surface area contributed by atoms with E-state index in [1.165, 1.54) is 12.1 Å². The maximum Gasteiger partial charge on any atom is 0.321 e. The van der Waals surface area contributed by atoms with Gasteiger partial charge in [0.2, 0.25) is 15.8 Å². The predicted octanol–water partition coefficient (Wildman–Crippen LogP) is 2.02. The van der Waals surface area contributed by atoms with Crippen LogP contribution in [0.25, 0.3) is 0 Å². The van der Waals surface area contributed by atoms with Gasteiger partial charge in [0.1, 0.15) is 24.0 Å². The molecule has 10 heteroatoms. The number of fused-ring (bicyclic) bond motifs is 1. The number of benzene rings is 2. The number of nitriles is 1. The first-order chi connectivity index (χ1) is 15.6. The Morgan fingerprint density at radius 3 is 2.18 bits per heavy atom. The number of rotatable bonds is 7. The summed E-state index contributed by atoms with van der Waals surface area (Å²) < 4.78 is 31.9. The number of hydrogen-bond donors (Lipinski definition) is 1. The first kappa shape index (κ1) is 24.0. The van der Waals surface area contributed by atoms with Gasteiger partial charge in [0.05, 0.1) is 16.3 Å². The SMILES string of the molecule is Cc1ccc(S(=O)(=O)NCC(=O)OCC(=O)C(C#N)=C2N(C)c3ccccc3N2C)cc1C. The van der Waals surface area contributed by atoms with Crippen LogP contribution in [0.5, 0.6) is 0 Å². The van der Waals surface area contributed by atoms with Crippen molar-refractivity contribution < 1.29 is 22.7 Å². The van der Waals surface area contributed by atoms with E-state index in [2.05, 4.69) is 4.72 Å². The number of carbonyl (C=O) groups is 2. The fourth-order valence-corrected chi connectivity index (χ4v) is 4.50. The van der Waals surface area contributed by atoms with Gasteiger partial charge in [-0.3, -0.25) is 9.59 Å². The summed E-state index contributed by atoms with van der Waals surface area (Å²) in [6.45, 7) is 2.31. The van der Waals surface area contributed by atoms with Gasteiger partial charge in [-0.1, -0.05) is 18.2 Å². The van der Waals surface area contributed by atoms with Gasteiger partial charge in [-0.2, -0.15) is 9.98 Å². The van der Waals surface area contributed by atoms with Crippen molar-refractivity contribution in [3.8, 4) is 6.07 Å². The third-order valence-electron chi connectivity index (χ3n) is 5.41. The van der Waals surface area contributed by atoms with Crippen LogP contribution in [0.2, 0.25) is 0 Å². The average molecular weight is 469 g/mol. The highest BCUT2D eigenvalue weighted by Gasteiger charge is 2.31. The van der Waals surface area contributed by atoms with E-state index < -0.39 is 34.9 Å². The Hall–Kier alpha value is -3.68. The number of esters is 1. The Morgan fingerprint density at radius 1 is 1.03 bits per heavy atom. The monoisotopic (exact) mass is 468 g/mol. The molecule has 0 aliphatic carbocycles. The quantitative estimate of drug-likeness (QED) is 0.372. The highest BCUT2D eigenvalue weighted by Crippen LogP contribution is 2.40. The number of nitrogens with zero attached hydrogens (tertiary/aromatic N) is 3. The molecule has 0 saturated heterocycles. The molecule has 0 amide bonds. The molecule has 0 spiro atoms. The molecule has 0 atom stereocenters. The molecule has 1 heterocycles. The molecule has 9 nitrogen and oxygen atoms in total. The van der Waals surface area contributed by atoms with Crippen molar-refractivity contribution >= 4 is 33.2 Å². The second-order valence-electron chi connectivity index (χ2n) is 7.57. The minimum absolute atomic E-state index is 0.0258. The van der Waals surface area contributed by atoms with E-state index in [1.807, 2.05) is 37.3 Å². The third-order valence-corrected chi connectivity index (χ3v) is 6.81. The molecule has 1 aliphatic rings. The second-order valence-corrected chi connectivity index (χ2v) is 9.34. The maximum atomic E-state index is 12.7. The van der Waals surface area contributed by atoms with Crippen molar-refractivity contribution in [2.45, 2.75) is 18.7 Å². The number of carbonyl (C=O) groups excluding carboxylic acids is 2. The molecule has 1 aliphatic heterocycles. The lowest BCUT2D eigenvalue weighted by Gasteiger charge is -2.19. The van der Waals surface area contributed by atoms with Gasteiger partial charge in [0.15, 0.2) is 6.61 Å². The summed E-state index contributed by atoms with van der Waals surface area (Å²) in [4.78, 5) is 28.2. The van der Waals surface area contributed by atoms with E-state index in [0.29, 0.717) is 5.82 Å². The molecule has 0 bridgehead atoms. The number of ether oxygens (including phenoxy) is 1. The standard InChI is InChI=1S/C23H24N4O5S/c1-15-9-10-17(11-16(15)2)33(30,31)25-13-22(29)32-14-21(28)18(12-24)23-26(3)19-7-5-6-8-20(19)27(23)4/h5-11,25H,13-14H2,1-4H3. The lowest BCUT2D eigenvalue weighted by atomic mass is 10.1. The number of sulfonamides is 1. The maximum absolute atomic E-state index is 12.7. The number of para-hydroxylation sites is 2. The van der Waals surface area contributed by atoms with E-state index >= 15 is 0 Å². The topological polar surface area (TPSA) is 120 Å². The number of aryl methyl sites for hydroxylation is 2. The minimum atomic E-state index is -3.92. The summed E-state index contributed by atoms with van der Waals surface area (Å²) in [5.41, 5.74) is 3.23. The molecule has 33 heavy (non-hydrogen) atoms. The molecule has 3 rings (SSSR count). The number of anilines is 2. The Kier molecular flexibility index (Phi) is 6.86. The number of Topliss-reactive ketones (excluding diaryl/α,β-unsaturated/α-hetero) is 1. The average Bonchev–Trinajstić information content (AvgIpc) is 3.04. The van der Waals surface area contributed by atoms with Crippen molar-refractivity contribution in [2.75, 3.05) is 37.0 Å². The van der Waals surface area contributed by atoms with Crippen LogP contribution in [0, 0.1) is 25.2 Å². The Balaban J connectivity index is 1.64. The van der Waals surface area contributed by atoms with E-state index in [1.54, 1.807) is 36.9 Å². The molecule has 2 aromatic rings. The molecular formula is C23H24N4O5S. The Bertz CT molecular complexity index is 1260. The summed E-state index contributed by atoms with van der Waals surface area (Å²) in [5, 5.41) is 9.60. The van der Waals surface area contributed by atoms with Crippen LogP contribution < -0.4 is 14.5 Å². The van der Waals surface area contributed by atoms with Crippen molar-refractivity contribution in [1.82, 2.24) is 4.72 Å². The van der Waals surface area contributed by atoms with Crippen molar-refractivity contribution in [3.63, 3.8) is 0 Å². The molecule has 0 radical (unpaired) electrons. The summed E-state index contributed by atoms with van der Waals surface area (Å²) >= 11 is 0. The molecule has 0 fully saturated rings. The van der Waals surface area contributed by atoms with Gasteiger partial charge < -0.3 is 14.5 Å². The van der Waals surface area contributed by atoms with Crippen molar-refractivity contribution in [2.24, 2.45) is 0 Å². The highest BCUT2D eigenvalue weighted by molar-refractivity contribution is 7.89. The number of nitrogens with one attached hydrogen (secondary N) is 1. The summed E-state index contributed by atoms with van der Waals surface area (Å²) in [6.07, 6.45) is 0. The molecule has 0 aromatic heterocycles. The van der Waals surface area contributed by atoms with Crippen LogP contribution in [0.15, 0.2) is 58.8 Å². The van der Waals surface area contributed by atoms with E-state index in [9.17, 15) is 23.3 Å². The summed E-state index contributed by atoms with van der Waals surface area (Å²) in [6, 6.07) is 13.9. The normalized spacial score (nSPS) is 12.9. The number of ketones is 1. The third kappa shape index (κ3) is 4.89. The Morgan fingerprint density at radius 2 is 1.64 bits per heavy atom. The van der Waals surface area contributed by atoms with Gasteiger partial charge in [0.25, 0.3) is 0 Å². The smallest absolute Gasteiger partial charge is 0.321 e. The zero-order chi connectivity index (χ0) is 24.3. The fourth-order valence-electron chi connectivity index (χ4n) is 3.44. The zero-order valence-electron chi connectivity index (χ0n) is 18.7. The molecule has 1 N–H and O–H groups in total.